The molecule has 0 saturated carbocycles. The van der Waals surface area contributed by atoms with Gasteiger partial charge in [0.2, 0.25) is 5.88 Å². The van der Waals surface area contributed by atoms with Gasteiger partial charge in [0.25, 0.3) is 0 Å². The Morgan fingerprint density at radius 1 is 1.21 bits per heavy atom. The van der Waals surface area contributed by atoms with Crippen molar-refractivity contribution in [2.75, 3.05) is 36.9 Å². The summed E-state index contributed by atoms with van der Waals surface area (Å²) in [5, 5.41) is 3.89. The molecule has 0 radical (unpaired) electrons. The first kappa shape index (κ1) is 12.0. The number of anilines is 2. The second-order valence-electron chi connectivity index (χ2n) is 4.38. The number of benzene rings is 1. The second-order valence-corrected chi connectivity index (χ2v) is 4.38. The van der Waals surface area contributed by atoms with Gasteiger partial charge in [0.15, 0.2) is 0 Å². The molecule has 6 heteroatoms. The third-order valence-electron chi connectivity index (χ3n) is 3.12. The molecule has 3 rings (SSSR count). The lowest BCUT2D eigenvalue weighted by Crippen LogP contribution is -2.36. The Hall–Kier alpha value is -2.08. The normalized spacial score (nSPS) is 15.7. The van der Waals surface area contributed by atoms with Gasteiger partial charge < -0.3 is 19.9 Å². The van der Waals surface area contributed by atoms with Crippen LogP contribution in [0.5, 0.6) is 0 Å². The predicted octanol–water partition coefficient (Wildman–Crippen LogP) is 1.90. The average molecular weight is 263 g/mol. The van der Waals surface area contributed by atoms with Gasteiger partial charge >= 0.3 is 0 Å². The van der Waals surface area contributed by atoms with Crippen molar-refractivity contribution < 1.29 is 13.7 Å². The fraction of sp³-hybridized carbons (Fsp3) is 0.308. The minimum absolute atomic E-state index is 0.243. The number of aromatic nitrogens is 1. The third kappa shape index (κ3) is 2.39. The summed E-state index contributed by atoms with van der Waals surface area (Å²) in [4.78, 5) is 2.08. The van der Waals surface area contributed by atoms with Crippen LogP contribution in [-0.2, 0) is 4.74 Å². The molecule has 1 saturated heterocycles. The van der Waals surface area contributed by atoms with E-state index in [4.69, 9.17) is 15.0 Å². The molecule has 2 heterocycles. The van der Waals surface area contributed by atoms with Gasteiger partial charge in [0, 0.05) is 30.4 Å². The van der Waals surface area contributed by atoms with E-state index in [0.717, 1.165) is 24.3 Å². The number of hydrogen-bond acceptors (Lipinski definition) is 5. The van der Waals surface area contributed by atoms with Crippen molar-refractivity contribution in [3.05, 3.63) is 30.1 Å². The first-order valence-corrected chi connectivity index (χ1v) is 6.09. The molecule has 0 aliphatic carbocycles. The molecule has 0 unspecified atom stereocenters. The van der Waals surface area contributed by atoms with E-state index in [0.29, 0.717) is 18.9 Å². The minimum Gasteiger partial charge on any atom is -0.378 e. The van der Waals surface area contributed by atoms with Crippen LogP contribution in [0.3, 0.4) is 0 Å². The maximum atomic E-state index is 13.5. The molecule has 1 aliphatic heterocycles. The number of morpholine rings is 1. The van der Waals surface area contributed by atoms with Crippen LogP contribution in [-0.4, -0.2) is 31.5 Å². The lowest BCUT2D eigenvalue weighted by atomic mass is 10.1. The fourth-order valence-corrected chi connectivity index (χ4v) is 2.20. The van der Waals surface area contributed by atoms with Crippen LogP contribution in [0.15, 0.2) is 28.8 Å². The van der Waals surface area contributed by atoms with Crippen molar-refractivity contribution in [3.63, 3.8) is 0 Å². The topological polar surface area (TPSA) is 64.5 Å². The van der Waals surface area contributed by atoms with Crippen molar-refractivity contribution in [2.24, 2.45) is 0 Å². The van der Waals surface area contributed by atoms with E-state index in [1.54, 1.807) is 12.1 Å². The molecule has 2 N–H and O–H groups in total. The third-order valence-corrected chi connectivity index (χ3v) is 3.12. The highest BCUT2D eigenvalue weighted by Gasteiger charge is 2.18. The molecule has 0 amide bonds. The molecule has 5 nitrogen and oxygen atoms in total. The molecule has 0 bridgehead atoms. The van der Waals surface area contributed by atoms with Crippen LogP contribution in [0.2, 0.25) is 0 Å². The number of ether oxygens (including phenoxy) is 1. The molecule has 1 aliphatic rings. The number of halogens is 1. The first-order valence-electron chi connectivity index (χ1n) is 6.09. The second kappa shape index (κ2) is 4.89. The smallest absolute Gasteiger partial charge is 0.222 e. The van der Waals surface area contributed by atoms with Gasteiger partial charge in [-0.1, -0.05) is 5.16 Å². The van der Waals surface area contributed by atoms with Crippen molar-refractivity contribution in [3.8, 4) is 11.3 Å². The highest BCUT2D eigenvalue weighted by Crippen LogP contribution is 2.32. The molecule has 0 spiro atoms. The summed E-state index contributed by atoms with van der Waals surface area (Å²) in [6.07, 6.45) is 0. The van der Waals surface area contributed by atoms with Crippen LogP contribution in [0.25, 0.3) is 11.3 Å². The van der Waals surface area contributed by atoms with E-state index in [2.05, 4.69) is 10.1 Å². The summed E-state index contributed by atoms with van der Waals surface area (Å²) in [6, 6.07) is 6.24. The Morgan fingerprint density at radius 2 is 2.00 bits per heavy atom. The predicted molar refractivity (Wildman–Crippen MR) is 69.3 cm³/mol. The highest BCUT2D eigenvalue weighted by atomic mass is 19.1. The van der Waals surface area contributed by atoms with Crippen molar-refractivity contribution in [1.29, 1.82) is 0 Å². The summed E-state index contributed by atoms with van der Waals surface area (Å²) < 4.78 is 23.7. The number of hydrogen-bond donors (Lipinski definition) is 1. The van der Waals surface area contributed by atoms with E-state index >= 15 is 0 Å². The summed E-state index contributed by atoms with van der Waals surface area (Å²) in [5.74, 6) is -0.0334. The largest absolute Gasteiger partial charge is 0.378 e. The summed E-state index contributed by atoms with van der Waals surface area (Å²) in [7, 11) is 0. The maximum Gasteiger partial charge on any atom is 0.222 e. The molecular weight excluding hydrogens is 249 g/mol. The van der Waals surface area contributed by atoms with Crippen LogP contribution in [0.1, 0.15) is 0 Å². The monoisotopic (exact) mass is 263 g/mol. The van der Waals surface area contributed by atoms with E-state index in [1.807, 2.05) is 0 Å². The van der Waals surface area contributed by atoms with Gasteiger partial charge in [-0.3, -0.25) is 0 Å². The van der Waals surface area contributed by atoms with Gasteiger partial charge in [-0.15, -0.1) is 0 Å². The molecule has 1 fully saturated rings. The summed E-state index contributed by atoms with van der Waals surface area (Å²) >= 11 is 0. The van der Waals surface area contributed by atoms with Gasteiger partial charge in [-0.25, -0.2) is 4.39 Å². The molecular formula is C13H14FN3O2. The van der Waals surface area contributed by atoms with E-state index in [9.17, 15) is 4.39 Å². The fourth-order valence-electron chi connectivity index (χ4n) is 2.20. The SMILES string of the molecule is Nc1cc(-c2ccc(F)cc2N2CCOCC2)no1. The van der Waals surface area contributed by atoms with Crippen LogP contribution in [0, 0.1) is 5.82 Å². The van der Waals surface area contributed by atoms with Crippen LogP contribution < -0.4 is 10.6 Å². The van der Waals surface area contributed by atoms with E-state index in [-0.39, 0.29) is 11.7 Å². The van der Waals surface area contributed by atoms with Crippen molar-refractivity contribution in [1.82, 2.24) is 5.16 Å². The molecule has 1 aromatic heterocycles. The summed E-state index contributed by atoms with van der Waals surface area (Å²) in [5.41, 5.74) is 7.75. The Kier molecular flexibility index (Phi) is 3.08. The minimum atomic E-state index is -0.276. The molecule has 2 aromatic rings. The summed E-state index contributed by atoms with van der Waals surface area (Å²) in [6.45, 7) is 2.72. The maximum absolute atomic E-state index is 13.5. The van der Waals surface area contributed by atoms with Crippen LogP contribution in [0.4, 0.5) is 16.0 Å². The standard InChI is InChI=1S/C13H14FN3O2/c14-9-1-2-10(11-8-13(15)19-16-11)12(7-9)17-3-5-18-6-4-17/h1-2,7-8H,3-6,15H2. The average Bonchev–Trinajstić information content (AvgIpc) is 2.86. The lowest BCUT2D eigenvalue weighted by molar-refractivity contribution is 0.122. The first-order chi connectivity index (χ1) is 9.24. The molecule has 1 aromatic carbocycles. The van der Waals surface area contributed by atoms with E-state index in [1.165, 1.54) is 12.1 Å². The van der Waals surface area contributed by atoms with Crippen LogP contribution >= 0.6 is 0 Å². The van der Waals surface area contributed by atoms with Crippen molar-refractivity contribution >= 4 is 11.6 Å². The van der Waals surface area contributed by atoms with Gasteiger partial charge in [0.05, 0.1) is 13.2 Å². The number of nitrogens with two attached hydrogens (primary N) is 1. The van der Waals surface area contributed by atoms with Gasteiger partial charge in [0.1, 0.15) is 11.5 Å². The van der Waals surface area contributed by atoms with E-state index < -0.39 is 0 Å². The van der Waals surface area contributed by atoms with Gasteiger partial charge in [-0.2, -0.15) is 0 Å². The quantitative estimate of drug-likeness (QED) is 0.896. The Morgan fingerprint density at radius 3 is 2.68 bits per heavy atom. The molecule has 100 valence electrons. The number of nitrogen functional groups attached to an aromatic ring is 1. The Balaban J connectivity index is 2.03. The van der Waals surface area contributed by atoms with Crippen molar-refractivity contribution in [2.45, 2.75) is 0 Å². The zero-order valence-electron chi connectivity index (χ0n) is 10.3. The Bertz CT molecular complexity index is 579. The van der Waals surface area contributed by atoms with Gasteiger partial charge in [-0.05, 0) is 18.2 Å². The molecule has 19 heavy (non-hydrogen) atoms. The Labute approximate surface area is 109 Å². The zero-order valence-corrected chi connectivity index (χ0v) is 10.3. The zero-order chi connectivity index (χ0) is 13.2. The lowest BCUT2D eigenvalue weighted by Gasteiger charge is -2.30. The molecule has 0 atom stereocenters. The number of rotatable bonds is 2. The highest BCUT2D eigenvalue weighted by molar-refractivity contribution is 5.77. The number of nitrogens with zero attached hydrogens (tertiary/aromatic N) is 2.